The number of carbonyl (C=O) groups is 1. The van der Waals surface area contributed by atoms with Gasteiger partial charge in [0.25, 0.3) is 0 Å². The first kappa shape index (κ1) is 23.0. The predicted octanol–water partition coefficient (Wildman–Crippen LogP) is 7.34. The summed E-state index contributed by atoms with van der Waals surface area (Å²) in [6, 6.07) is 31.2. The molecular formula is C31H24O5. The first-order valence-electron chi connectivity index (χ1n) is 11.6. The van der Waals surface area contributed by atoms with Gasteiger partial charge in [0.1, 0.15) is 23.9 Å². The van der Waals surface area contributed by atoms with Crippen LogP contribution in [0, 0.1) is 0 Å². The van der Waals surface area contributed by atoms with E-state index in [0.29, 0.717) is 12.4 Å². The van der Waals surface area contributed by atoms with Gasteiger partial charge in [0.15, 0.2) is 0 Å². The Bertz CT molecular complexity index is 1350. The molecule has 0 radical (unpaired) electrons. The van der Waals surface area contributed by atoms with Gasteiger partial charge in [0.05, 0.1) is 18.9 Å². The molecule has 0 fully saturated rings. The molecule has 3 aromatic carbocycles. The lowest BCUT2D eigenvalue weighted by molar-refractivity contribution is -0.136. The van der Waals surface area contributed by atoms with Crippen molar-refractivity contribution < 1.29 is 23.5 Å². The maximum atomic E-state index is 10.9. The van der Waals surface area contributed by atoms with Gasteiger partial charge in [0.2, 0.25) is 0 Å². The van der Waals surface area contributed by atoms with E-state index >= 15 is 0 Å². The Hall–Kier alpha value is -4.77. The Kier molecular flexibility index (Phi) is 6.81. The zero-order chi connectivity index (χ0) is 24.7. The van der Waals surface area contributed by atoms with Crippen LogP contribution in [0.15, 0.2) is 124 Å². The number of ether oxygens (including phenoxy) is 1. The molecule has 0 aliphatic heterocycles. The van der Waals surface area contributed by atoms with E-state index in [4.69, 9.17) is 18.7 Å². The van der Waals surface area contributed by atoms with Gasteiger partial charge in [0, 0.05) is 11.1 Å². The zero-order valence-electron chi connectivity index (χ0n) is 19.5. The van der Waals surface area contributed by atoms with Gasteiger partial charge >= 0.3 is 5.97 Å². The molecule has 1 N–H and O–H groups in total. The van der Waals surface area contributed by atoms with E-state index in [1.54, 1.807) is 36.8 Å². The highest BCUT2D eigenvalue weighted by Crippen LogP contribution is 2.29. The molecule has 5 heteroatoms. The highest BCUT2D eigenvalue weighted by molar-refractivity contribution is 5.81. The third kappa shape index (κ3) is 5.47. The molecule has 2 heterocycles. The van der Waals surface area contributed by atoms with Crippen molar-refractivity contribution in [2.45, 2.75) is 6.42 Å². The molecule has 0 spiro atoms. The molecule has 0 saturated carbocycles. The molecule has 36 heavy (non-hydrogen) atoms. The molecule has 5 aromatic rings. The summed E-state index contributed by atoms with van der Waals surface area (Å²) in [5.41, 5.74) is 5.89. The summed E-state index contributed by atoms with van der Waals surface area (Å²) < 4.78 is 17.0. The highest BCUT2D eigenvalue weighted by Gasteiger charge is 2.09. The standard InChI is InChI=1S/C31H24O5/c32-31(33)21-22-5-15-27(16-6-22)34-20-17-28(23-7-11-25(12-8-23)29-3-1-18-35-29)24-9-13-26(14-10-24)30-4-2-19-36-30/h1-19H,20-21H2,(H,32,33). The maximum Gasteiger partial charge on any atom is 0.307 e. The fraction of sp³-hybridized carbons (Fsp3) is 0.0645. The second kappa shape index (κ2) is 10.7. The summed E-state index contributed by atoms with van der Waals surface area (Å²) in [6.07, 6.45) is 5.38. The molecule has 5 rings (SSSR count). The van der Waals surface area contributed by atoms with Crippen molar-refractivity contribution in [3.8, 4) is 28.4 Å². The van der Waals surface area contributed by atoms with Crippen molar-refractivity contribution in [1.82, 2.24) is 0 Å². The molecule has 0 amide bonds. The fourth-order valence-electron chi connectivity index (χ4n) is 4.02. The minimum absolute atomic E-state index is 0.00761. The lowest BCUT2D eigenvalue weighted by atomic mass is 9.95. The molecule has 0 unspecified atom stereocenters. The first-order valence-corrected chi connectivity index (χ1v) is 11.6. The van der Waals surface area contributed by atoms with Crippen LogP contribution < -0.4 is 4.74 Å². The van der Waals surface area contributed by atoms with Gasteiger partial charge in [-0.25, -0.2) is 0 Å². The summed E-state index contributed by atoms with van der Waals surface area (Å²) in [6.45, 7) is 0.355. The molecule has 5 nitrogen and oxygen atoms in total. The van der Waals surface area contributed by atoms with Crippen molar-refractivity contribution >= 4 is 11.5 Å². The Morgan fingerprint density at radius 3 is 1.69 bits per heavy atom. The first-order chi connectivity index (χ1) is 17.7. The summed E-state index contributed by atoms with van der Waals surface area (Å²) in [4.78, 5) is 10.9. The van der Waals surface area contributed by atoms with Crippen molar-refractivity contribution in [3.63, 3.8) is 0 Å². The SMILES string of the molecule is O=C(O)Cc1ccc(OCC=C(c2ccc(-c3ccco3)cc2)c2ccc(-c3ccco3)cc2)cc1. The number of carboxylic acids is 1. The van der Waals surface area contributed by atoms with Gasteiger partial charge in [-0.05, 0) is 64.7 Å². The van der Waals surface area contributed by atoms with Crippen LogP contribution in [-0.4, -0.2) is 17.7 Å². The minimum Gasteiger partial charge on any atom is -0.490 e. The number of hydrogen-bond acceptors (Lipinski definition) is 4. The lowest BCUT2D eigenvalue weighted by Crippen LogP contribution is -2.00. The summed E-state index contributed by atoms with van der Waals surface area (Å²) >= 11 is 0. The van der Waals surface area contributed by atoms with Crippen LogP contribution in [0.4, 0.5) is 0 Å². The fourth-order valence-corrected chi connectivity index (χ4v) is 4.02. The number of rotatable bonds is 9. The maximum absolute atomic E-state index is 10.9. The van der Waals surface area contributed by atoms with Gasteiger partial charge < -0.3 is 18.7 Å². The normalized spacial score (nSPS) is 10.7. The van der Waals surface area contributed by atoms with Crippen LogP contribution in [-0.2, 0) is 11.2 Å². The topological polar surface area (TPSA) is 72.8 Å². The van der Waals surface area contributed by atoms with Crippen LogP contribution in [0.3, 0.4) is 0 Å². The monoisotopic (exact) mass is 476 g/mol. The van der Waals surface area contributed by atoms with E-state index in [9.17, 15) is 4.79 Å². The van der Waals surface area contributed by atoms with E-state index in [-0.39, 0.29) is 6.42 Å². The smallest absolute Gasteiger partial charge is 0.307 e. The molecule has 0 bridgehead atoms. The van der Waals surface area contributed by atoms with Crippen LogP contribution in [0.25, 0.3) is 28.2 Å². The van der Waals surface area contributed by atoms with Crippen molar-refractivity contribution in [3.05, 3.63) is 132 Å². The molecule has 0 aliphatic rings. The number of aliphatic carboxylic acids is 1. The van der Waals surface area contributed by atoms with E-state index in [1.165, 1.54) is 0 Å². The Labute approximate surface area is 208 Å². The van der Waals surface area contributed by atoms with Crippen LogP contribution in [0.1, 0.15) is 16.7 Å². The zero-order valence-corrected chi connectivity index (χ0v) is 19.5. The molecule has 2 aromatic heterocycles. The number of hydrogen-bond donors (Lipinski definition) is 1. The van der Waals surface area contributed by atoms with Crippen LogP contribution in [0.2, 0.25) is 0 Å². The number of furan rings is 2. The number of carboxylic acid groups (broad SMARTS) is 1. The van der Waals surface area contributed by atoms with Gasteiger partial charge in [-0.2, -0.15) is 0 Å². The van der Waals surface area contributed by atoms with E-state index in [0.717, 1.165) is 44.9 Å². The predicted molar refractivity (Wildman–Crippen MR) is 139 cm³/mol. The van der Waals surface area contributed by atoms with Crippen molar-refractivity contribution in [1.29, 1.82) is 0 Å². The quantitative estimate of drug-likeness (QED) is 0.241. The van der Waals surface area contributed by atoms with Gasteiger partial charge in [-0.15, -0.1) is 0 Å². The summed E-state index contributed by atoms with van der Waals surface area (Å²) in [5, 5.41) is 8.95. The van der Waals surface area contributed by atoms with Crippen LogP contribution in [0.5, 0.6) is 5.75 Å². The van der Waals surface area contributed by atoms with E-state index in [2.05, 4.69) is 30.3 Å². The van der Waals surface area contributed by atoms with Gasteiger partial charge in [-0.1, -0.05) is 60.7 Å². The summed E-state index contributed by atoms with van der Waals surface area (Å²) in [7, 11) is 0. The molecule has 0 aliphatic carbocycles. The van der Waals surface area contributed by atoms with E-state index < -0.39 is 5.97 Å². The van der Waals surface area contributed by atoms with Crippen molar-refractivity contribution in [2.24, 2.45) is 0 Å². The molecule has 0 saturated heterocycles. The average Bonchev–Trinajstić information content (AvgIpc) is 3.63. The third-order valence-corrected chi connectivity index (χ3v) is 5.82. The summed E-state index contributed by atoms with van der Waals surface area (Å²) in [5.74, 6) is 1.47. The molecular weight excluding hydrogens is 452 g/mol. The van der Waals surface area contributed by atoms with Crippen LogP contribution >= 0.6 is 0 Å². The second-order valence-corrected chi connectivity index (χ2v) is 8.25. The van der Waals surface area contributed by atoms with Gasteiger partial charge in [-0.3, -0.25) is 4.79 Å². The molecule has 0 atom stereocenters. The Morgan fingerprint density at radius 2 is 1.25 bits per heavy atom. The largest absolute Gasteiger partial charge is 0.490 e. The number of benzene rings is 3. The van der Waals surface area contributed by atoms with Crippen molar-refractivity contribution in [2.75, 3.05) is 6.61 Å². The Morgan fingerprint density at radius 1 is 0.722 bits per heavy atom. The van der Waals surface area contributed by atoms with E-state index in [1.807, 2.05) is 48.5 Å². The highest BCUT2D eigenvalue weighted by atomic mass is 16.5. The average molecular weight is 477 g/mol. The lowest BCUT2D eigenvalue weighted by Gasteiger charge is -2.11. The minimum atomic E-state index is -0.854. The molecule has 178 valence electrons. The Balaban J connectivity index is 1.39. The third-order valence-electron chi connectivity index (χ3n) is 5.82. The second-order valence-electron chi connectivity index (χ2n) is 8.25.